The summed E-state index contributed by atoms with van der Waals surface area (Å²) >= 11 is 0. The topological polar surface area (TPSA) is 96.1 Å². The molecule has 1 aromatic carbocycles. The SMILES string of the molecule is NCC1CCCN1C(=O)C1CCN(C2=NS(=O)(=O)c3ccccc32)CC1. The Bertz CT molecular complexity index is 844. The standard InChI is InChI=1S/C18H24N4O3S/c19-12-14-4-3-9-22(14)18(23)13-7-10-21(11-8-13)17-15-5-1-2-6-16(15)26(24,25)20-17/h1-2,5-6,13-14H,3-4,7-12,19H2. The van der Waals surface area contributed by atoms with Crippen molar-refractivity contribution in [1.29, 1.82) is 0 Å². The second-order valence-corrected chi connectivity index (χ2v) is 8.78. The summed E-state index contributed by atoms with van der Waals surface area (Å²) in [5.41, 5.74) is 6.46. The molecule has 3 aliphatic rings. The van der Waals surface area contributed by atoms with Crippen molar-refractivity contribution in [1.82, 2.24) is 9.80 Å². The minimum absolute atomic E-state index is 0.00717. The summed E-state index contributed by atoms with van der Waals surface area (Å²) in [6.07, 6.45) is 3.45. The molecule has 2 N–H and O–H groups in total. The molecule has 0 aromatic heterocycles. The Morgan fingerprint density at radius 1 is 1.15 bits per heavy atom. The van der Waals surface area contributed by atoms with Crippen molar-refractivity contribution in [3.8, 4) is 0 Å². The largest absolute Gasteiger partial charge is 0.355 e. The molecule has 4 rings (SSSR count). The van der Waals surface area contributed by atoms with E-state index in [0.717, 1.165) is 19.4 Å². The summed E-state index contributed by atoms with van der Waals surface area (Å²) < 4.78 is 28.5. The number of sulfonamides is 1. The Kier molecular flexibility index (Phi) is 4.48. The van der Waals surface area contributed by atoms with E-state index in [0.29, 0.717) is 43.9 Å². The van der Waals surface area contributed by atoms with Gasteiger partial charge < -0.3 is 15.5 Å². The molecule has 26 heavy (non-hydrogen) atoms. The normalized spacial score (nSPS) is 25.3. The smallest absolute Gasteiger partial charge is 0.285 e. The highest BCUT2D eigenvalue weighted by Crippen LogP contribution is 2.30. The van der Waals surface area contributed by atoms with E-state index in [2.05, 4.69) is 4.40 Å². The Balaban J connectivity index is 1.46. The average molecular weight is 376 g/mol. The van der Waals surface area contributed by atoms with Crippen LogP contribution in [-0.2, 0) is 14.8 Å². The van der Waals surface area contributed by atoms with Gasteiger partial charge in [0.05, 0.1) is 0 Å². The van der Waals surface area contributed by atoms with Gasteiger partial charge in [-0.1, -0.05) is 12.1 Å². The summed E-state index contributed by atoms with van der Waals surface area (Å²) in [5.74, 6) is 0.721. The fourth-order valence-corrected chi connectivity index (χ4v) is 5.49. The molecule has 0 radical (unpaired) electrons. The lowest BCUT2D eigenvalue weighted by atomic mass is 9.94. The van der Waals surface area contributed by atoms with E-state index in [9.17, 15) is 13.2 Å². The molecule has 0 saturated carbocycles. The third kappa shape index (κ3) is 2.91. The molecule has 1 atom stereocenters. The molecule has 0 spiro atoms. The van der Waals surface area contributed by atoms with E-state index >= 15 is 0 Å². The van der Waals surface area contributed by atoms with Crippen molar-refractivity contribution in [2.24, 2.45) is 16.0 Å². The van der Waals surface area contributed by atoms with Crippen molar-refractivity contribution in [3.05, 3.63) is 29.8 Å². The number of nitrogens with two attached hydrogens (primary N) is 1. The number of nitrogens with zero attached hydrogens (tertiary/aromatic N) is 3. The van der Waals surface area contributed by atoms with Crippen molar-refractivity contribution in [3.63, 3.8) is 0 Å². The quantitative estimate of drug-likeness (QED) is 0.823. The van der Waals surface area contributed by atoms with Gasteiger partial charge in [-0.05, 0) is 37.8 Å². The zero-order chi connectivity index (χ0) is 18.3. The molecule has 2 saturated heterocycles. The Labute approximate surface area is 153 Å². The first kappa shape index (κ1) is 17.5. The molecule has 3 heterocycles. The van der Waals surface area contributed by atoms with Gasteiger partial charge in [-0.25, -0.2) is 0 Å². The Hall–Kier alpha value is -1.93. The number of amidine groups is 1. The van der Waals surface area contributed by atoms with Crippen LogP contribution in [0.3, 0.4) is 0 Å². The molecule has 1 unspecified atom stereocenters. The highest BCUT2D eigenvalue weighted by atomic mass is 32.2. The van der Waals surface area contributed by atoms with E-state index in [4.69, 9.17) is 5.73 Å². The van der Waals surface area contributed by atoms with Gasteiger partial charge in [0.25, 0.3) is 10.0 Å². The van der Waals surface area contributed by atoms with Crippen LogP contribution in [0, 0.1) is 5.92 Å². The highest BCUT2D eigenvalue weighted by molar-refractivity contribution is 7.90. The highest BCUT2D eigenvalue weighted by Gasteiger charge is 2.37. The Morgan fingerprint density at radius 2 is 1.88 bits per heavy atom. The van der Waals surface area contributed by atoms with Crippen molar-refractivity contribution < 1.29 is 13.2 Å². The number of rotatable bonds is 2. The minimum Gasteiger partial charge on any atom is -0.355 e. The molecule has 1 aromatic rings. The molecule has 8 heteroatoms. The third-order valence-corrected chi connectivity index (χ3v) is 7.01. The first-order valence-corrected chi connectivity index (χ1v) is 10.6. The number of piperidine rings is 1. The lowest BCUT2D eigenvalue weighted by molar-refractivity contribution is -0.137. The fourth-order valence-electron chi connectivity index (χ4n) is 4.26. The van der Waals surface area contributed by atoms with Crippen LogP contribution in [0.25, 0.3) is 0 Å². The summed E-state index contributed by atoms with van der Waals surface area (Å²) in [5, 5.41) is 0. The summed E-state index contributed by atoms with van der Waals surface area (Å²) in [4.78, 5) is 17.0. The molecule has 0 bridgehead atoms. The van der Waals surface area contributed by atoms with Crippen LogP contribution in [0.4, 0.5) is 0 Å². The van der Waals surface area contributed by atoms with Crippen molar-refractivity contribution in [2.45, 2.75) is 36.6 Å². The second kappa shape index (κ2) is 6.66. The maximum atomic E-state index is 12.8. The number of carbonyl (C=O) groups excluding carboxylic acids is 1. The van der Waals surface area contributed by atoms with Crippen LogP contribution < -0.4 is 5.73 Å². The van der Waals surface area contributed by atoms with Crippen molar-refractivity contribution >= 4 is 21.8 Å². The number of carbonyl (C=O) groups is 1. The summed E-state index contributed by atoms with van der Waals surface area (Å²) in [7, 11) is -3.60. The molecule has 1 amide bonds. The third-order valence-electron chi connectivity index (χ3n) is 5.69. The van der Waals surface area contributed by atoms with E-state index in [-0.39, 0.29) is 22.8 Å². The summed E-state index contributed by atoms with van der Waals surface area (Å²) in [6, 6.07) is 7.11. The zero-order valence-corrected chi connectivity index (χ0v) is 15.5. The van der Waals surface area contributed by atoms with Gasteiger partial charge in [-0.15, -0.1) is 4.40 Å². The van der Waals surface area contributed by atoms with Gasteiger partial charge >= 0.3 is 0 Å². The molecule has 3 aliphatic heterocycles. The van der Waals surface area contributed by atoms with Crippen LogP contribution in [0.2, 0.25) is 0 Å². The predicted octanol–water partition coefficient (Wildman–Crippen LogP) is 0.797. The van der Waals surface area contributed by atoms with Crippen LogP contribution in [0.1, 0.15) is 31.2 Å². The Morgan fingerprint density at radius 3 is 2.62 bits per heavy atom. The van der Waals surface area contributed by atoms with Crippen molar-refractivity contribution in [2.75, 3.05) is 26.2 Å². The molecule has 140 valence electrons. The van der Waals surface area contributed by atoms with Gasteiger partial charge in [0, 0.05) is 43.7 Å². The number of likely N-dealkylation sites (tertiary alicyclic amines) is 2. The van der Waals surface area contributed by atoms with E-state index in [1.54, 1.807) is 18.2 Å². The maximum Gasteiger partial charge on any atom is 0.285 e. The first-order chi connectivity index (χ1) is 12.5. The number of hydrogen-bond donors (Lipinski definition) is 1. The molecular formula is C18H24N4O3S. The van der Waals surface area contributed by atoms with Gasteiger partial charge in [0.2, 0.25) is 5.91 Å². The van der Waals surface area contributed by atoms with Gasteiger partial charge in [-0.2, -0.15) is 8.42 Å². The molecule has 7 nitrogen and oxygen atoms in total. The predicted molar refractivity (Wildman–Crippen MR) is 98.3 cm³/mol. The molecular weight excluding hydrogens is 352 g/mol. The van der Waals surface area contributed by atoms with Crippen LogP contribution >= 0.6 is 0 Å². The van der Waals surface area contributed by atoms with Crippen LogP contribution in [0.5, 0.6) is 0 Å². The van der Waals surface area contributed by atoms with Gasteiger partial charge in [0.15, 0.2) is 5.84 Å². The average Bonchev–Trinajstić information content (AvgIpc) is 3.24. The second-order valence-electron chi connectivity index (χ2n) is 7.21. The number of benzene rings is 1. The summed E-state index contributed by atoms with van der Waals surface area (Å²) in [6.45, 7) is 2.61. The van der Waals surface area contributed by atoms with Crippen LogP contribution in [-0.4, -0.2) is 62.2 Å². The van der Waals surface area contributed by atoms with Gasteiger partial charge in [0.1, 0.15) is 4.90 Å². The lowest BCUT2D eigenvalue weighted by Crippen LogP contribution is -2.47. The lowest BCUT2D eigenvalue weighted by Gasteiger charge is -2.35. The first-order valence-electron chi connectivity index (χ1n) is 9.21. The fraction of sp³-hybridized carbons (Fsp3) is 0.556. The maximum absolute atomic E-state index is 12.8. The van der Waals surface area contributed by atoms with E-state index < -0.39 is 10.0 Å². The number of hydrogen-bond acceptors (Lipinski definition) is 5. The molecule has 0 aliphatic carbocycles. The van der Waals surface area contributed by atoms with Gasteiger partial charge in [-0.3, -0.25) is 4.79 Å². The zero-order valence-electron chi connectivity index (χ0n) is 14.7. The number of amides is 1. The minimum atomic E-state index is -3.60. The monoisotopic (exact) mass is 376 g/mol. The van der Waals surface area contributed by atoms with E-state index in [1.807, 2.05) is 15.9 Å². The number of fused-ring (bicyclic) bond motifs is 1. The van der Waals surface area contributed by atoms with Crippen LogP contribution in [0.15, 0.2) is 33.6 Å². The van der Waals surface area contributed by atoms with E-state index in [1.165, 1.54) is 0 Å². The molecule has 2 fully saturated rings.